The van der Waals surface area contributed by atoms with Crippen molar-refractivity contribution in [2.45, 2.75) is 38.6 Å². The van der Waals surface area contributed by atoms with Gasteiger partial charge in [0.1, 0.15) is 0 Å². The maximum Gasteiger partial charge on any atom is 0.220 e. The van der Waals surface area contributed by atoms with E-state index in [-0.39, 0.29) is 30.7 Å². The lowest BCUT2D eigenvalue weighted by atomic mass is 9.96. The van der Waals surface area contributed by atoms with E-state index in [1.807, 2.05) is 0 Å². The molecule has 1 aromatic rings. The average molecular weight is 402 g/mol. The maximum atomic E-state index is 12.0. The molecule has 1 atom stereocenters. The summed E-state index contributed by atoms with van der Waals surface area (Å²) in [5, 5.41) is 6.53. The van der Waals surface area contributed by atoms with Crippen molar-refractivity contribution in [1.29, 1.82) is 0 Å². The van der Waals surface area contributed by atoms with Gasteiger partial charge in [0, 0.05) is 19.5 Å². The van der Waals surface area contributed by atoms with Crippen molar-refractivity contribution in [3.8, 4) is 0 Å². The number of rotatable bonds is 7. The van der Waals surface area contributed by atoms with Crippen molar-refractivity contribution in [2.24, 2.45) is 11.8 Å². The summed E-state index contributed by atoms with van der Waals surface area (Å²) in [6.07, 6.45) is 5.35. The fourth-order valence-corrected chi connectivity index (χ4v) is 3.83. The van der Waals surface area contributed by atoms with Crippen molar-refractivity contribution in [3.63, 3.8) is 0 Å². The highest BCUT2D eigenvalue weighted by atomic mass is 35.5. The number of benzene rings is 1. The number of nitrogens with zero attached hydrogens (tertiary/aromatic N) is 1. The van der Waals surface area contributed by atoms with Gasteiger partial charge in [-0.3, -0.25) is 9.69 Å². The van der Waals surface area contributed by atoms with Gasteiger partial charge in [0.15, 0.2) is 0 Å². The number of halogens is 2. The van der Waals surface area contributed by atoms with Crippen LogP contribution in [-0.4, -0.2) is 43.5 Å². The Kier molecular flexibility index (Phi) is 11.2. The molecule has 148 valence electrons. The van der Waals surface area contributed by atoms with Crippen LogP contribution >= 0.6 is 24.8 Å². The first kappa shape index (κ1) is 23.2. The van der Waals surface area contributed by atoms with E-state index >= 15 is 0 Å². The molecule has 6 heteroatoms. The van der Waals surface area contributed by atoms with Gasteiger partial charge in [-0.05, 0) is 69.3 Å². The Balaban J connectivity index is 0.00000169. The van der Waals surface area contributed by atoms with Gasteiger partial charge in [-0.15, -0.1) is 24.8 Å². The topological polar surface area (TPSA) is 44.4 Å². The summed E-state index contributed by atoms with van der Waals surface area (Å²) in [6.45, 7) is 6.41. The van der Waals surface area contributed by atoms with Crippen LogP contribution in [0.25, 0.3) is 0 Å². The Morgan fingerprint density at radius 3 is 2.46 bits per heavy atom. The highest BCUT2D eigenvalue weighted by Crippen LogP contribution is 2.19. The molecule has 2 N–H and O–H groups in total. The molecule has 0 aliphatic carbocycles. The largest absolute Gasteiger partial charge is 0.356 e. The predicted molar refractivity (Wildman–Crippen MR) is 112 cm³/mol. The van der Waals surface area contributed by atoms with Gasteiger partial charge < -0.3 is 10.6 Å². The van der Waals surface area contributed by atoms with Crippen molar-refractivity contribution in [1.82, 2.24) is 15.5 Å². The molecule has 0 radical (unpaired) electrons. The second kappa shape index (κ2) is 12.6. The van der Waals surface area contributed by atoms with Crippen LogP contribution in [0.2, 0.25) is 0 Å². The van der Waals surface area contributed by atoms with E-state index in [0.29, 0.717) is 18.3 Å². The summed E-state index contributed by atoms with van der Waals surface area (Å²) in [7, 11) is 0. The normalized spacial score (nSPS) is 20.8. The number of hydrogen-bond acceptors (Lipinski definition) is 3. The average Bonchev–Trinajstić information content (AvgIpc) is 3.14. The van der Waals surface area contributed by atoms with Gasteiger partial charge in [-0.1, -0.05) is 30.3 Å². The van der Waals surface area contributed by atoms with Crippen LogP contribution < -0.4 is 10.6 Å². The maximum absolute atomic E-state index is 12.0. The third kappa shape index (κ3) is 7.83. The highest BCUT2D eigenvalue weighted by molar-refractivity contribution is 5.85. The number of nitrogens with one attached hydrogen (secondary N) is 2. The Bertz CT molecular complexity index is 501. The number of piperidine rings is 1. The lowest BCUT2D eigenvalue weighted by molar-refractivity contribution is -0.121. The van der Waals surface area contributed by atoms with E-state index in [1.165, 1.54) is 24.8 Å². The Labute approximate surface area is 170 Å². The fourth-order valence-electron chi connectivity index (χ4n) is 3.83. The van der Waals surface area contributed by atoms with E-state index < -0.39 is 0 Å². The van der Waals surface area contributed by atoms with E-state index in [1.54, 1.807) is 0 Å². The molecule has 2 fully saturated rings. The van der Waals surface area contributed by atoms with Crippen LogP contribution in [0.3, 0.4) is 0 Å². The number of likely N-dealkylation sites (tertiary alicyclic amines) is 1. The molecule has 0 aromatic heterocycles. The van der Waals surface area contributed by atoms with Crippen molar-refractivity contribution >= 4 is 30.7 Å². The van der Waals surface area contributed by atoms with Gasteiger partial charge in [0.25, 0.3) is 0 Å². The molecular weight excluding hydrogens is 369 g/mol. The first-order valence-electron chi connectivity index (χ1n) is 9.53. The molecule has 1 aromatic carbocycles. The minimum Gasteiger partial charge on any atom is -0.356 e. The summed E-state index contributed by atoms with van der Waals surface area (Å²) in [6, 6.07) is 10.7. The standard InChI is InChI=1S/C20H31N3O.2ClH/c24-20(7-6-17-8-11-21-14-17)22-15-18-9-12-23(13-10-18)16-19-4-2-1-3-5-19;;/h1-5,17-18,21H,6-16H2,(H,22,24);2*1H. The van der Waals surface area contributed by atoms with Gasteiger partial charge in [0.05, 0.1) is 0 Å². The van der Waals surface area contributed by atoms with Crippen molar-refractivity contribution in [2.75, 3.05) is 32.7 Å². The molecule has 1 amide bonds. The molecule has 0 spiro atoms. The highest BCUT2D eigenvalue weighted by Gasteiger charge is 2.20. The van der Waals surface area contributed by atoms with Gasteiger partial charge in [-0.2, -0.15) is 0 Å². The molecule has 2 saturated heterocycles. The number of hydrogen-bond donors (Lipinski definition) is 2. The molecule has 4 nitrogen and oxygen atoms in total. The minimum absolute atomic E-state index is 0. The molecule has 2 heterocycles. The van der Waals surface area contributed by atoms with E-state index in [4.69, 9.17) is 0 Å². The van der Waals surface area contributed by atoms with Gasteiger partial charge in [-0.25, -0.2) is 0 Å². The zero-order valence-corrected chi connectivity index (χ0v) is 17.1. The molecular formula is C20H33Cl2N3O. The monoisotopic (exact) mass is 401 g/mol. The summed E-state index contributed by atoms with van der Waals surface area (Å²) >= 11 is 0. The van der Waals surface area contributed by atoms with Crippen LogP contribution in [-0.2, 0) is 11.3 Å². The Morgan fingerprint density at radius 2 is 1.81 bits per heavy atom. The Hall–Kier alpha value is -0.810. The van der Waals surface area contributed by atoms with Crippen LogP contribution in [0.1, 0.15) is 37.7 Å². The van der Waals surface area contributed by atoms with Gasteiger partial charge in [0.2, 0.25) is 5.91 Å². The molecule has 3 rings (SSSR count). The molecule has 0 bridgehead atoms. The SMILES string of the molecule is Cl.Cl.O=C(CCC1CCNC1)NCC1CCN(Cc2ccccc2)CC1. The lowest BCUT2D eigenvalue weighted by Gasteiger charge is -2.32. The summed E-state index contributed by atoms with van der Waals surface area (Å²) in [4.78, 5) is 14.5. The minimum atomic E-state index is 0. The number of carbonyl (C=O) groups excluding carboxylic acids is 1. The second-order valence-corrected chi connectivity index (χ2v) is 7.41. The zero-order valence-electron chi connectivity index (χ0n) is 15.5. The van der Waals surface area contributed by atoms with Crippen LogP contribution in [0.4, 0.5) is 0 Å². The molecule has 1 unspecified atom stereocenters. The lowest BCUT2D eigenvalue weighted by Crippen LogP contribution is -2.38. The first-order chi connectivity index (χ1) is 11.8. The predicted octanol–water partition coefficient (Wildman–Crippen LogP) is 3.25. The zero-order chi connectivity index (χ0) is 16.6. The number of amides is 1. The first-order valence-corrected chi connectivity index (χ1v) is 9.53. The molecule has 2 aliphatic rings. The van der Waals surface area contributed by atoms with Crippen molar-refractivity contribution < 1.29 is 4.79 Å². The fraction of sp³-hybridized carbons (Fsp3) is 0.650. The number of carbonyl (C=O) groups is 1. The molecule has 0 saturated carbocycles. The second-order valence-electron chi connectivity index (χ2n) is 7.41. The van der Waals surface area contributed by atoms with E-state index in [2.05, 4.69) is 45.9 Å². The third-order valence-corrected chi connectivity index (χ3v) is 5.49. The molecule has 26 heavy (non-hydrogen) atoms. The summed E-state index contributed by atoms with van der Waals surface area (Å²) < 4.78 is 0. The van der Waals surface area contributed by atoms with Crippen LogP contribution in [0, 0.1) is 11.8 Å². The summed E-state index contributed by atoms with van der Waals surface area (Å²) in [5.41, 5.74) is 1.39. The van der Waals surface area contributed by atoms with Crippen LogP contribution in [0.5, 0.6) is 0 Å². The van der Waals surface area contributed by atoms with E-state index in [0.717, 1.165) is 45.7 Å². The quantitative estimate of drug-likeness (QED) is 0.736. The van der Waals surface area contributed by atoms with E-state index in [9.17, 15) is 4.79 Å². The van der Waals surface area contributed by atoms with Crippen molar-refractivity contribution in [3.05, 3.63) is 35.9 Å². The van der Waals surface area contributed by atoms with Gasteiger partial charge >= 0.3 is 0 Å². The Morgan fingerprint density at radius 1 is 1.08 bits per heavy atom. The third-order valence-electron chi connectivity index (χ3n) is 5.49. The molecule has 2 aliphatic heterocycles. The van der Waals surface area contributed by atoms with Crippen LogP contribution in [0.15, 0.2) is 30.3 Å². The summed E-state index contributed by atoms with van der Waals surface area (Å²) in [5.74, 6) is 1.60. The smallest absolute Gasteiger partial charge is 0.220 e.